The molecule has 0 unspecified atom stereocenters. The molecule has 0 spiro atoms. The average Bonchev–Trinajstić information content (AvgIpc) is 2.83. The number of aromatic nitrogens is 2. The van der Waals surface area contributed by atoms with Crippen molar-refractivity contribution in [1.29, 1.82) is 0 Å². The standard InChI is InChI=1S/C13H22N4O3S/c1-11-14-7-9-17(11)12-4-3-8-16(10-12)13(18)5-6-15-21(2,19)20/h7,9,12,15H,3-6,8,10H2,1-2H3/t12-/m1/s1. The predicted molar refractivity (Wildman–Crippen MR) is 79.3 cm³/mol. The van der Waals surface area contributed by atoms with Gasteiger partial charge in [0.2, 0.25) is 15.9 Å². The fourth-order valence-electron chi connectivity index (χ4n) is 2.68. The summed E-state index contributed by atoms with van der Waals surface area (Å²) >= 11 is 0. The van der Waals surface area contributed by atoms with E-state index in [9.17, 15) is 13.2 Å². The number of amides is 1. The molecule has 8 heteroatoms. The van der Waals surface area contributed by atoms with E-state index >= 15 is 0 Å². The first-order valence-corrected chi connectivity index (χ1v) is 8.98. The van der Waals surface area contributed by atoms with Crippen LogP contribution in [0.3, 0.4) is 0 Å². The van der Waals surface area contributed by atoms with Crippen LogP contribution in [-0.4, -0.2) is 54.7 Å². The quantitative estimate of drug-likeness (QED) is 0.847. The van der Waals surface area contributed by atoms with Crippen molar-refractivity contribution in [1.82, 2.24) is 19.2 Å². The molecular formula is C13H22N4O3S. The molecule has 2 rings (SSSR count). The summed E-state index contributed by atoms with van der Waals surface area (Å²) in [5, 5.41) is 0. The molecule has 0 saturated carbocycles. The Morgan fingerprint density at radius 1 is 1.52 bits per heavy atom. The monoisotopic (exact) mass is 314 g/mol. The summed E-state index contributed by atoms with van der Waals surface area (Å²) < 4.78 is 26.4. The smallest absolute Gasteiger partial charge is 0.223 e. The van der Waals surface area contributed by atoms with Gasteiger partial charge < -0.3 is 9.47 Å². The molecule has 7 nitrogen and oxygen atoms in total. The number of sulfonamides is 1. The third-order valence-corrected chi connectivity index (χ3v) is 4.44. The zero-order valence-electron chi connectivity index (χ0n) is 12.4. The second-order valence-electron chi connectivity index (χ2n) is 5.43. The maximum absolute atomic E-state index is 12.2. The van der Waals surface area contributed by atoms with Crippen molar-refractivity contribution in [2.75, 3.05) is 25.9 Å². The van der Waals surface area contributed by atoms with Crippen LogP contribution in [0.4, 0.5) is 0 Å². The van der Waals surface area contributed by atoms with Crippen LogP contribution in [0, 0.1) is 6.92 Å². The first kappa shape index (κ1) is 16.0. The molecule has 1 aliphatic heterocycles. The van der Waals surface area contributed by atoms with Gasteiger partial charge in [0.15, 0.2) is 0 Å². The number of likely N-dealkylation sites (tertiary alicyclic amines) is 1. The minimum absolute atomic E-state index is 0.00591. The molecule has 1 fully saturated rings. The van der Waals surface area contributed by atoms with Crippen LogP contribution >= 0.6 is 0 Å². The van der Waals surface area contributed by atoms with Gasteiger partial charge >= 0.3 is 0 Å². The highest BCUT2D eigenvalue weighted by Crippen LogP contribution is 2.22. The van der Waals surface area contributed by atoms with Crippen molar-refractivity contribution in [3.05, 3.63) is 18.2 Å². The number of nitrogens with one attached hydrogen (secondary N) is 1. The summed E-state index contributed by atoms with van der Waals surface area (Å²) in [4.78, 5) is 18.2. The van der Waals surface area contributed by atoms with Gasteiger partial charge in [-0.3, -0.25) is 4.79 Å². The predicted octanol–water partition coefficient (Wildman–Crippen LogP) is 0.294. The van der Waals surface area contributed by atoms with Crippen molar-refractivity contribution < 1.29 is 13.2 Å². The summed E-state index contributed by atoms with van der Waals surface area (Å²) in [7, 11) is -3.24. The van der Waals surface area contributed by atoms with Crippen LogP contribution in [0.25, 0.3) is 0 Å². The molecule has 1 N–H and O–H groups in total. The van der Waals surface area contributed by atoms with Crippen LogP contribution in [-0.2, 0) is 14.8 Å². The molecule has 1 aliphatic rings. The minimum Gasteiger partial charge on any atom is -0.341 e. The Balaban J connectivity index is 1.89. The zero-order chi connectivity index (χ0) is 15.5. The number of rotatable bonds is 5. The Kier molecular flexibility index (Phi) is 5.00. The van der Waals surface area contributed by atoms with Gasteiger partial charge in [-0.15, -0.1) is 0 Å². The number of aryl methyl sites for hydroxylation is 1. The topological polar surface area (TPSA) is 84.3 Å². The lowest BCUT2D eigenvalue weighted by atomic mass is 10.0. The number of carbonyl (C=O) groups is 1. The molecule has 0 bridgehead atoms. The molecule has 118 valence electrons. The summed E-state index contributed by atoms with van der Waals surface area (Å²) in [5.74, 6) is 0.946. The maximum Gasteiger partial charge on any atom is 0.223 e. The van der Waals surface area contributed by atoms with Crippen molar-refractivity contribution in [3.8, 4) is 0 Å². The van der Waals surface area contributed by atoms with Gasteiger partial charge in [-0.25, -0.2) is 18.1 Å². The lowest BCUT2D eigenvalue weighted by Crippen LogP contribution is -2.42. The van der Waals surface area contributed by atoms with E-state index in [-0.39, 0.29) is 24.9 Å². The average molecular weight is 314 g/mol. The number of carbonyl (C=O) groups excluding carboxylic acids is 1. The Hall–Kier alpha value is -1.41. The molecule has 0 aromatic carbocycles. The van der Waals surface area contributed by atoms with Crippen molar-refractivity contribution >= 4 is 15.9 Å². The molecule has 1 saturated heterocycles. The van der Waals surface area contributed by atoms with Crippen LogP contribution in [0.5, 0.6) is 0 Å². The number of hydrogen-bond acceptors (Lipinski definition) is 4. The largest absolute Gasteiger partial charge is 0.341 e. The fourth-order valence-corrected chi connectivity index (χ4v) is 3.16. The van der Waals surface area contributed by atoms with Crippen LogP contribution in [0.2, 0.25) is 0 Å². The Bertz CT molecular complexity index is 596. The molecular weight excluding hydrogens is 292 g/mol. The van der Waals surface area contributed by atoms with Gasteiger partial charge in [-0.05, 0) is 19.8 Å². The lowest BCUT2D eigenvalue weighted by molar-refractivity contribution is -0.132. The Morgan fingerprint density at radius 3 is 2.90 bits per heavy atom. The summed E-state index contributed by atoms with van der Waals surface area (Å²) in [6.07, 6.45) is 6.99. The van der Waals surface area contributed by atoms with Gasteiger partial charge in [0.05, 0.1) is 12.3 Å². The summed E-state index contributed by atoms with van der Waals surface area (Å²) in [5.41, 5.74) is 0. The van der Waals surface area contributed by atoms with Gasteiger partial charge in [0.25, 0.3) is 0 Å². The second kappa shape index (κ2) is 6.57. The molecule has 1 atom stereocenters. The number of imidazole rings is 1. The van der Waals surface area contributed by atoms with E-state index in [1.165, 1.54) is 0 Å². The number of nitrogens with zero attached hydrogens (tertiary/aromatic N) is 3. The van der Waals surface area contributed by atoms with E-state index in [0.29, 0.717) is 6.54 Å². The van der Waals surface area contributed by atoms with Crippen molar-refractivity contribution in [3.63, 3.8) is 0 Å². The van der Waals surface area contributed by atoms with Crippen molar-refractivity contribution in [2.24, 2.45) is 0 Å². The molecule has 21 heavy (non-hydrogen) atoms. The first-order chi connectivity index (χ1) is 9.87. The van der Waals surface area contributed by atoms with E-state index in [2.05, 4.69) is 14.3 Å². The molecule has 2 heterocycles. The van der Waals surface area contributed by atoms with E-state index in [0.717, 1.165) is 31.5 Å². The molecule has 0 radical (unpaired) electrons. The highest BCUT2D eigenvalue weighted by Gasteiger charge is 2.25. The molecule has 1 aromatic rings. The van der Waals surface area contributed by atoms with Gasteiger partial charge in [0, 0.05) is 38.4 Å². The van der Waals surface area contributed by atoms with E-state index in [4.69, 9.17) is 0 Å². The second-order valence-corrected chi connectivity index (χ2v) is 7.27. The number of hydrogen-bond donors (Lipinski definition) is 1. The highest BCUT2D eigenvalue weighted by atomic mass is 32.2. The lowest BCUT2D eigenvalue weighted by Gasteiger charge is -2.34. The first-order valence-electron chi connectivity index (χ1n) is 7.08. The fraction of sp³-hybridized carbons (Fsp3) is 0.692. The Labute approximate surface area is 125 Å². The normalized spacial score (nSPS) is 19.7. The zero-order valence-corrected chi connectivity index (χ0v) is 13.3. The molecule has 1 amide bonds. The maximum atomic E-state index is 12.2. The SMILES string of the molecule is Cc1nccn1[C@@H]1CCCN(C(=O)CCNS(C)(=O)=O)C1. The summed E-state index contributed by atoms with van der Waals surface area (Å²) in [6, 6.07) is 0.257. The van der Waals surface area contributed by atoms with Crippen LogP contribution in [0.1, 0.15) is 31.1 Å². The minimum atomic E-state index is -3.24. The van der Waals surface area contributed by atoms with Crippen molar-refractivity contribution in [2.45, 2.75) is 32.2 Å². The van der Waals surface area contributed by atoms with Gasteiger partial charge in [0.1, 0.15) is 5.82 Å². The molecule has 1 aromatic heterocycles. The van der Waals surface area contributed by atoms with Crippen LogP contribution < -0.4 is 4.72 Å². The summed E-state index contributed by atoms with van der Waals surface area (Å²) in [6.45, 7) is 3.51. The van der Waals surface area contributed by atoms with E-state index in [1.807, 2.05) is 18.0 Å². The third-order valence-electron chi connectivity index (χ3n) is 3.71. The van der Waals surface area contributed by atoms with Crippen LogP contribution in [0.15, 0.2) is 12.4 Å². The van der Waals surface area contributed by atoms with E-state index in [1.54, 1.807) is 6.20 Å². The number of piperidine rings is 1. The highest BCUT2D eigenvalue weighted by molar-refractivity contribution is 7.88. The third kappa shape index (κ3) is 4.53. The van der Waals surface area contributed by atoms with Gasteiger partial charge in [-0.2, -0.15) is 0 Å². The van der Waals surface area contributed by atoms with E-state index < -0.39 is 10.0 Å². The Morgan fingerprint density at radius 2 is 2.29 bits per heavy atom. The van der Waals surface area contributed by atoms with Gasteiger partial charge in [-0.1, -0.05) is 0 Å². The molecule has 0 aliphatic carbocycles.